The van der Waals surface area contributed by atoms with Gasteiger partial charge in [0, 0.05) is 12.6 Å². The molecule has 0 radical (unpaired) electrons. The molecule has 0 unspecified atom stereocenters. The molecule has 3 N–H and O–H groups in total. The molecule has 9 heteroatoms. The van der Waals surface area contributed by atoms with Crippen LogP contribution in [-0.4, -0.2) is 32.9 Å². The Balaban J connectivity index is 1.67. The quantitative estimate of drug-likeness (QED) is 0.670. The van der Waals surface area contributed by atoms with Crippen molar-refractivity contribution in [1.82, 2.24) is 5.32 Å². The standard InChI is InChI=1S/C19H21N3O5S/c1-2-27-15-5-3-4-14(10-15)22-18(23)11-17(19(22)24)21-12-13-6-8-16(9-7-13)28(20,25)26/h3-10,17,21H,2,11-12H2,1H3,(H2,20,25,26)/t17-/m1/s1. The summed E-state index contributed by atoms with van der Waals surface area (Å²) >= 11 is 0. The van der Waals surface area contributed by atoms with Crippen LogP contribution in [0.3, 0.4) is 0 Å². The largest absolute Gasteiger partial charge is 0.494 e. The van der Waals surface area contributed by atoms with Crippen molar-refractivity contribution < 1.29 is 22.7 Å². The second-order valence-corrected chi connectivity index (χ2v) is 7.89. The Morgan fingerprint density at radius 1 is 1.18 bits per heavy atom. The number of benzene rings is 2. The Labute approximate surface area is 163 Å². The lowest BCUT2D eigenvalue weighted by Gasteiger charge is -2.16. The predicted molar refractivity (Wildman–Crippen MR) is 103 cm³/mol. The SMILES string of the molecule is CCOc1cccc(N2C(=O)C[C@@H](NCc3ccc(S(N)(=O)=O)cc3)C2=O)c1. The van der Waals surface area contributed by atoms with E-state index in [9.17, 15) is 18.0 Å². The molecule has 1 aliphatic heterocycles. The summed E-state index contributed by atoms with van der Waals surface area (Å²) in [6.07, 6.45) is 0.0486. The van der Waals surface area contributed by atoms with E-state index in [1.54, 1.807) is 36.4 Å². The van der Waals surface area contributed by atoms with Crippen LogP contribution in [0.25, 0.3) is 0 Å². The van der Waals surface area contributed by atoms with Gasteiger partial charge < -0.3 is 10.1 Å². The normalized spacial score (nSPS) is 17.2. The number of rotatable bonds is 7. The van der Waals surface area contributed by atoms with Crippen molar-refractivity contribution in [3.8, 4) is 5.75 Å². The third-order valence-electron chi connectivity index (χ3n) is 4.34. The van der Waals surface area contributed by atoms with Gasteiger partial charge in [0.25, 0.3) is 5.91 Å². The van der Waals surface area contributed by atoms with E-state index in [1.165, 1.54) is 12.1 Å². The number of carbonyl (C=O) groups is 2. The van der Waals surface area contributed by atoms with E-state index in [2.05, 4.69) is 5.32 Å². The number of ether oxygens (including phenoxy) is 1. The highest BCUT2D eigenvalue weighted by Gasteiger charge is 2.39. The van der Waals surface area contributed by atoms with Gasteiger partial charge in [-0.15, -0.1) is 0 Å². The maximum absolute atomic E-state index is 12.7. The highest BCUT2D eigenvalue weighted by Crippen LogP contribution is 2.26. The minimum absolute atomic E-state index is 0.0173. The zero-order valence-electron chi connectivity index (χ0n) is 15.3. The van der Waals surface area contributed by atoms with Crippen LogP contribution < -0.4 is 20.1 Å². The monoisotopic (exact) mass is 403 g/mol. The number of imide groups is 1. The number of nitrogens with zero attached hydrogens (tertiary/aromatic N) is 1. The number of amides is 2. The molecule has 0 aromatic heterocycles. The number of anilines is 1. The van der Waals surface area contributed by atoms with Crippen molar-refractivity contribution in [2.75, 3.05) is 11.5 Å². The summed E-state index contributed by atoms with van der Waals surface area (Å²) in [6, 6.07) is 12.2. The topological polar surface area (TPSA) is 119 Å². The Bertz CT molecular complexity index is 989. The Morgan fingerprint density at radius 3 is 2.54 bits per heavy atom. The molecule has 28 heavy (non-hydrogen) atoms. The molecule has 0 saturated carbocycles. The van der Waals surface area contributed by atoms with Gasteiger partial charge in [0.1, 0.15) is 5.75 Å². The summed E-state index contributed by atoms with van der Waals surface area (Å²) in [5.74, 6) is -0.0347. The average molecular weight is 403 g/mol. The van der Waals surface area contributed by atoms with Crippen molar-refractivity contribution in [2.24, 2.45) is 5.14 Å². The number of hydrogen-bond acceptors (Lipinski definition) is 6. The molecule has 0 bridgehead atoms. The fraction of sp³-hybridized carbons (Fsp3) is 0.263. The lowest BCUT2D eigenvalue weighted by Crippen LogP contribution is -2.38. The van der Waals surface area contributed by atoms with Crippen LogP contribution in [0.4, 0.5) is 5.69 Å². The zero-order valence-corrected chi connectivity index (χ0v) is 16.1. The summed E-state index contributed by atoms with van der Waals surface area (Å²) in [4.78, 5) is 26.2. The van der Waals surface area contributed by atoms with Gasteiger partial charge in [-0.3, -0.25) is 9.59 Å². The molecular formula is C19H21N3O5S. The van der Waals surface area contributed by atoms with Crippen LogP contribution in [0.15, 0.2) is 53.4 Å². The Hall–Kier alpha value is -2.75. The minimum atomic E-state index is -3.75. The first-order chi connectivity index (χ1) is 13.3. The van der Waals surface area contributed by atoms with Crippen molar-refractivity contribution in [1.29, 1.82) is 0 Å². The van der Waals surface area contributed by atoms with E-state index in [-0.39, 0.29) is 23.1 Å². The van der Waals surface area contributed by atoms with E-state index < -0.39 is 16.1 Å². The summed E-state index contributed by atoms with van der Waals surface area (Å²) in [5.41, 5.74) is 1.24. The van der Waals surface area contributed by atoms with Crippen molar-refractivity contribution in [3.05, 3.63) is 54.1 Å². The molecule has 1 fully saturated rings. The van der Waals surface area contributed by atoms with Gasteiger partial charge in [0.15, 0.2) is 0 Å². The van der Waals surface area contributed by atoms with E-state index in [0.29, 0.717) is 24.6 Å². The fourth-order valence-corrected chi connectivity index (χ4v) is 3.50. The summed E-state index contributed by atoms with van der Waals surface area (Å²) in [6.45, 7) is 2.65. The van der Waals surface area contributed by atoms with Crippen LogP contribution in [0.5, 0.6) is 5.75 Å². The number of hydrogen-bond donors (Lipinski definition) is 2. The van der Waals surface area contributed by atoms with E-state index in [4.69, 9.17) is 9.88 Å². The second kappa shape index (κ2) is 8.09. The molecule has 8 nitrogen and oxygen atoms in total. The molecule has 1 saturated heterocycles. The van der Waals surface area contributed by atoms with Gasteiger partial charge in [-0.2, -0.15) is 0 Å². The fourth-order valence-electron chi connectivity index (χ4n) is 2.98. The first-order valence-corrected chi connectivity index (χ1v) is 10.3. The molecule has 0 aliphatic carbocycles. The van der Waals surface area contributed by atoms with Crippen LogP contribution in [0.2, 0.25) is 0 Å². The lowest BCUT2D eigenvalue weighted by molar-refractivity contribution is -0.121. The number of nitrogens with two attached hydrogens (primary N) is 1. The molecule has 0 spiro atoms. The van der Waals surface area contributed by atoms with E-state index >= 15 is 0 Å². The highest BCUT2D eigenvalue weighted by atomic mass is 32.2. The van der Waals surface area contributed by atoms with Crippen LogP contribution >= 0.6 is 0 Å². The van der Waals surface area contributed by atoms with Gasteiger partial charge in [-0.05, 0) is 36.8 Å². The van der Waals surface area contributed by atoms with Crippen molar-refractivity contribution in [3.63, 3.8) is 0 Å². The number of sulfonamides is 1. The number of nitrogens with one attached hydrogen (secondary N) is 1. The number of carbonyl (C=O) groups excluding carboxylic acids is 2. The van der Waals surface area contributed by atoms with Crippen molar-refractivity contribution in [2.45, 2.75) is 30.8 Å². The molecule has 148 valence electrons. The minimum Gasteiger partial charge on any atom is -0.494 e. The molecule has 2 aromatic rings. The van der Waals surface area contributed by atoms with Crippen molar-refractivity contribution >= 4 is 27.5 Å². The van der Waals surface area contributed by atoms with Gasteiger partial charge in [-0.1, -0.05) is 18.2 Å². The first-order valence-electron chi connectivity index (χ1n) is 8.74. The molecule has 2 amide bonds. The second-order valence-electron chi connectivity index (χ2n) is 6.32. The zero-order chi connectivity index (χ0) is 20.3. The lowest BCUT2D eigenvalue weighted by atomic mass is 10.2. The molecule has 2 aromatic carbocycles. The molecule has 3 rings (SSSR count). The maximum Gasteiger partial charge on any atom is 0.251 e. The Kier molecular flexibility index (Phi) is 5.78. The Morgan fingerprint density at radius 2 is 1.89 bits per heavy atom. The van der Waals surface area contributed by atoms with E-state index in [0.717, 1.165) is 10.5 Å². The first kappa shape index (κ1) is 20.0. The van der Waals surface area contributed by atoms with Crippen LogP contribution in [-0.2, 0) is 26.2 Å². The molecule has 1 heterocycles. The van der Waals surface area contributed by atoms with Crippen LogP contribution in [0, 0.1) is 0 Å². The number of primary sulfonamides is 1. The summed E-state index contributed by atoms with van der Waals surface area (Å²) in [5, 5.41) is 8.13. The van der Waals surface area contributed by atoms with Gasteiger partial charge in [0.05, 0.1) is 29.7 Å². The van der Waals surface area contributed by atoms with Gasteiger partial charge in [-0.25, -0.2) is 18.5 Å². The third-order valence-corrected chi connectivity index (χ3v) is 5.27. The third kappa shape index (κ3) is 4.38. The molecular weight excluding hydrogens is 382 g/mol. The van der Waals surface area contributed by atoms with E-state index in [1.807, 2.05) is 6.92 Å². The average Bonchev–Trinajstić information content (AvgIpc) is 2.93. The predicted octanol–water partition coefficient (Wildman–Crippen LogP) is 1.15. The van der Waals surface area contributed by atoms with Crippen LogP contribution in [0.1, 0.15) is 18.9 Å². The summed E-state index contributed by atoms with van der Waals surface area (Å²) < 4.78 is 28.0. The highest BCUT2D eigenvalue weighted by molar-refractivity contribution is 7.89. The molecule has 1 aliphatic rings. The molecule has 1 atom stereocenters. The smallest absolute Gasteiger partial charge is 0.251 e. The van der Waals surface area contributed by atoms with Gasteiger partial charge in [0.2, 0.25) is 15.9 Å². The summed E-state index contributed by atoms with van der Waals surface area (Å²) in [7, 11) is -3.75. The van der Waals surface area contributed by atoms with Gasteiger partial charge >= 0.3 is 0 Å². The maximum atomic E-state index is 12.7.